The van der Waals surface area contributed by atoms with Gasteiger partial charge in [0.15, 0.2) is 0 Å². The van der Waals surface area contributed by atoms with Crippen LogP contribution in [0, 0.1) is 16.0 Å². The van der Waals surface area contributed by atoms with Crippen LogP contribution in [0.25, 0.3) is 0 Å². The smallest absolute Gasteiger partial charge is 0.270 e. The fourth-order valence-corrected chi connectivity index (χ4v) is 3.53. The molecule has 0 spiro atoms. The van der Waals surface area contributed by atoms with E-state index in [9.17, 15) is 19.7 Å². The number of hydrogen-bond donors (Lipinski definition) is 2. The van der Waals surface area contributed by atoms with E-state index in [0.29, 0.717) is 5.69 Å². The standard InChI is InChI=1S/C20H20ClN3O4/c21-18-11-16(24(27)28)8-9-17(18)20(26)22-12-13-4-3-7-15(10-13)23-19(25)14-5-1-2-6-14/h3-4,7-11,14H,1-2,5-6,12H2,(H,22,26)(H,23,25). The molecule has 0 bridgehead atoms. The van der Waals surface area contributed by atoms with Crippen molar-refractivity contribution in [2.24, 2.45) is 5.92 Å². The maximum absolute atomic E-state index is 12.3. The maximum Gasteiger partial charge on any atom is 0.270 e. The van der Waals surface area contributed by atoms with Gasteiger partial charge in [0.2, 0.25) is 5.91 Å². The van der Waals surface area contributed by atoms with Crippen molar-refractivity contribution < 1.29 is 14.5 Å². The molecule has 0 aromatic heterocycles. The monoisotopic (exact) mass is 401 g/mol. The van der Waals surface area contributed by atoms with Gasteiger partial charge in [0, 0.05) is 30.3 Å². The van der Waals surface area contributed by atoms with E-state index in [4.69, 9.17) is 11.6 Å². The second kappa shape index (κ2) is 8.84. The summed E-state index contributed by atoms with van der Waals surface area (Å²) in [4.78, 5) is 34.8. The Bertz CT molecular complexity index is 910. The first-order valence-electron chi connectivity index (χ1n) is 9.06. The van der Waals surface area contributed by atoms with Crippen LogP contribution in [0.2, 0.25) is 5.02 Å². The fraction of sp³-hybridized carbons (Fsp3) is 0.300. The van der Waals surface area contributed by atoms with Crippen LogP contribution in [-0.4, -0.2) is 16.7 Å². The average molecular weight is 402 g/mol. The second-order valence-corrected chi connectivity index (χ2v) is 7.18. The number of halogens is 1. The first-order valence-corrected chi connectivity index (χ1v) is 9.44. The van der Waals surface area contributed by atoms with Gasteiger partial charge in [0.25, 0.3) is 11.6 Å². The molecule has 146 valence electrons. The number of anilines is 1. The summed E-state index contributed by atoms with van der Waals surface area (Å²) in [6.45, 7) is 0.235. The minimum Gasteiger partial charge on any atom is -0.348 e. The van der Waals surface area contributed by atoms with E-state index < -0.39 is 10.8 Å². The summed E-state index contributed by atoms with van der Waals surface area (Å²) in [6, 6.07) is 11.0. The summed E-state index contributed by atoms with van der Waals surface area (Å²) < 4.78 is 0. The zero-order chi connectivity index (χ0) is 20.1. The number of carbonyl (C=O) groups excluding carboxylic acids is 2. The van der Waals surface area contributed by atoms with E-state index in [2.05, 4.69) is 10.6 Å². The van der Waals surface area contributed by atoms with Crippen LogP contribution in [0.3, 0.4) is 0 Å². The van der Waals surface area contributed by atoms with Gasteiger partial charge in [-0.15, -0.1) is 0 Å². The highest BCUT2D eigenvalue weighted by molar-refractivity contribution is 6.34. The van der Waals surface area contributed by atoms with E-state index in [1.54, 1.807) is 0 Å². The molecule has 2 aromatic rings. The van der Waals surface area contributed by atoms with Crippen LogP contribution >= 0.6 is 11.6 Å². The molecule has 0 heterocycles. The molecule has 8 heteroatoms. The molecule has 1 fully saturated rings. The molecule has 0 aliphatic heterocycles. The summed E-state index contributed by atoms with van der Waals surface area (Å²) in [5, 5.41) is 16.4. The third-order valence-electron chi connectivity index (χ3n) is 4.78. The van der Waals surface area contributed by atoms with Crippen molar-refractivity contribution in [3.8, 4) is 0 Å². The Kier molecular flexibility index (Phi) is 6.26. The van der Waals surface area contributed by atoms with Gasteiger partial charge in [-0.25, -0.2) is 0 Å². The molecule has 1 aliphatic rings. The zero-order valence-corrected chi connectivity index (χ0v) is 15.9. The quantitative estimate of drug-likeness (QED) is 0.556. The lowest BCUT2D eigenvalue weighted by Crippen LogP contribution is -2.23. The Morgan fingerprint density at radius 2 is 1.89 bits per heavy atom. The molecule has 0 unspecified atom stereocenters. The number of non-ortho nitro benzene ring substituents is 1. The molecular weight excluding hydrogens is 382 g/mol. The van der Waals surface area contributed by atoms with Crippen molar-refractivity contribution in [3.63, 3.8) is 0 Å². The number of carbonyl (C=O) groups is 2. The Morgan fingerprint density at radius 3 is 2.57 bits per heavy atom. The summed E-state index contributed by atoms with van der Waals surface area (Å²) in [5.74, 6) is -0.315. The van der Waals surface area contributed by atoms with Gasteiger partial charge in [0.05, 0.1) is 15.5 Å². The van der Waals surface area contributed by atoms with Gasteiger partial charge in [-0.05, 0) is 36.6 Å². The van der Waals surface area contributed by atoms with Crippen LogP contribution in [0.5, 0.6) is 0 Å². The van der Waals surface area contributed by atoms with Crippen LogP contribution < -0.4 is 10.6 Å². The molecule has 3 rings (SSSR count). The lowest BCUT2D eigenvalue weighted by molar-refractivity contribution is -0.384. The molecule has 7 nitrogen and oxygen atoms in total. The highest BCUT2D eigenvalue weighted by Crippen LogP contribution is 2.26. The normalized spacial score (nSPS) is 13.9. The summed E-state index contributed by atoms with van der Waals surface area (Å²) in [5.41, 5.74) is 1.50. The molecule has 2 amide bonds. The van der Waals surface area contributed by atoms with E-state index in [1.165, 1.54) is 12.1 Å². The average Bonchev–Trinajstić information content (AvgIpc) is 3.21. The van der Waals surface area contributed by atoms with Crippen LogP contribution in [0.4, 0.5) is 11.4 Å². The van der Waals surface area contributed by atoms with Gasteiger partial charge >= 0.3 is 0 Å². The Labute approximate surface area is 167 Å². The Hall–Kier alpha value is -2.93. The lowest BCUT2D eigenvalue weighted by atomic mass is 10.1. The zero-order valence-electron chi connectivity index (χ0n) is 15.1. The number of benzene rings is 2. The topological polar surface area (TPSA) is 101 Å². The number of amides is 2. The van der Waals surface area contributed by atoms with Crippen molar-refractivity contribution in [3.05, 3.63) is 68.7 Å². The van der Waals surface area contributed by atoms with E-state index in [-0.39, 0.29) is 34.6 Å². The molecule has 1 saturated carbocycles. The summed E-state index contributed by atoms with van der Waals surface area (Å²) in [6.07, 6.45) is 4.04. The highest BCUT2D eigenvalue weighted by Gasteiger charge is 2.22. The number of nitro groups is 1. The second-order valence-electron chi connectivity index (χ2n) is 6.77. The molecule has 0 atom stereocenters. The number of nitro benzene ring substituents is 1. The van der Waals surface area contributed by atoms with E-state index >= 15 is 0 Å². The van der Waals surface area contributed by atoms with Crippen molar-refractivity contribution in [1.29, 1.82) is 0 Å². The number of rotatable bonds is 6. The predicted molar refractivity (Wildman–Crippen MR) is 106 cm³/mol. The fourth-order valence-electron chi connectivity index (χ4n) is 3.27. The maximum atomic E-state index is 12.3. The summed E-state index contributed by atoms with van der Waals surface area (Å²) in [7, 11) is 0. The molecule has 0 radical (unpaired) electrons. The Morgan fingerprint density at radius 1 is 1.14 bits per heavy atom. The SMILES string of the molecule is O=C(NCc1cccc(NC(=O)C2CCCC2)c1)c1ccc([N+](=O)[O-])cc1Cl. The number of nitrogens with one attached hydrogen (secondary N) is 2. The van der Waals surface area contributed by atoms with E-state index in [0.717, 1.165) is 37.3 Å². The number of nitrogens with zero attached hydrogens (tertiary/aromatic N) is 1. The molecule has 2 N–H and O–H groups in total. The van der Waals surface area contributed by atoms with Gasteiger partial charge < -0.3 is 10.6 Å². The van der Waals surface area contributed by atoms with Gasteiger partial charge in [-0.3, -0.25) is 19.7 Å². The van der Waals surface area contributed by atoms with Gasteiger partial charge in [0.1, 0.15) is 0 Å². The molecule has 28 heavy (non-hydrogen) atoms. The molecule has 2 aromatic carbocycles. The van der Waals surface area contributed by atoms with Crippen molar-refractivity contribution in [2.45, 2.75) is 32.2 Å². The first-order chi connectivity index (χ1) is 13.4. The lowest BCUT2D eigenvalue weighted by Gasteiger charge is -2.12. The highest BCUT2D eigenvalue weighted by atomic mass is 35.5. The van der Waals surface area contributed by atoms with Crippen molar-refractivity contribution in [1.82, 2.24) is 5.32 Å². The van der Waals surface area contributed by atoms with Crippen LogP contribution in [0.1, 0.15) is 41.6 Å². The third kappa shape index (κ3) is 4.86. The van der Waals surface area contributed by atoms with Gasteiger partial charge in [-0.2, -0.15) is 0 Å². The van der Waals surface area contributed by atoms with Gasteiger partial charge in [-0.1, -0.05) is 36.6 Å². The number of hydrogen-bond acceptors (Lipinski definition) is 4. The van der Waals surface area contributed by atoms with Crippen LogP contribution in [0.15, 0.2) is 42.5 Å². The first kappa shape index (κ1) is 19.8. The molecule has 1 aliphatic carbocycles. The third-order valence-corrected chi connectivity index (χ3v) is 5.09. The predicted octanol–water partition coefficient (Wildman–Crippen LogP) is 4.31. The summed E-state index contributed by atoms with van der Waals surface area (Å²) >= 11 is 5.98. The minimum absolute atomic E-state index is 0.0178. The molecule has 0 saturated heterocycles. The van der Waals surface area contributed by atoms with E-state index in [1.807, 2.05) is 24.3 Å². The van der Waals surface area contributed by atoms with Crippen LogP contribution in [-0.2, 0) is 11.3 Å². The van der Waals surface area contributed by atoms with Crippen molar-refractivity contribution >= 4 is 34.8 Å². The van der Waals surface area contributed by atoms with Crippen molar-refractivity contribution in [2.75, 3.05) is 5.32 Å². The molecular formula is C20H20ClN3O4. The minimum atomic E-state index is -0.571. The largest absolute Gasteiger partial charge is 0.348 e. The Balaban J connectivity index is 1.60.